The van der Waals surface area contributed by atoms with Crippen molar-refractivity contribution >= 4 is 6.03 Å². The molecule has 5 heteroatoms. The maximum atomic E-state index is 12.9. The molecule has 5 nitrogen and oxygen atoms in total. The minimum absolute atomic E-state index is 0.226. The average Bonchev–Trinajstić information content (AvgIpc) is 3.09. The van der Waals surface area contributed by atoms with Gasteiger partial charge in [-0.2, -0.15) is 0 Å². The Kier molecular flexibility index (Phi) is 8.41. The second kappa shape index (κ2) is 10.1. The lowest BCUT2D eigenvalue weighted by atomic mass is 9.81. The van der Waals surface area contributed by atoms with Crippen molar-refractivity contribution in [1.29, 1.82) is 0 Å². The first-order valence-electron chi connectivity index (χ1n) is 11.2. The molecular weight excluding hydrogens is 336 g/mol. The summed E-state index contributed by atoms with van der Waals surface area (Å²) in [6, 6.07) is 0.778. The number of hydrogen-bond donors (Lipinski definition) is 2. The molecule has 27 heavy (non-hydrogen) atoms. The summed E-state index contributed by atoms with van der Waals surface area (Å²) in [5.74, 6) is 2.12. The van der Waals surface area contributed by atoms with E-state index < -0.39 is 0 Å². The molecule has 0 aromatic rings. The molecule has 2 amide bonds. The van der Waals surface area contributed by atoms with Gasteiger partial charge in [0.15, 0.2) is 0 Å². The van der Waals surface area contributed by atoms with E-state index in [1.807, 2.05) is 11.9 Å². The van der Waals surface area contributed by atoms with E-state index in [9.17, 15) is 4.79 Å². The molecule has 2 rings (SSSR count). The van der Waals surface area contributed by atoms with E-state index in [-0.39, 0.29) is 11.4 Å². The first-order valence-corrected chi connectivity index (χ1v) is 11.2. The number of urea groups is 1. The first kappa shape index (κ1) is 22.5. The number of likely N-dealkylation sites (tertiary alicyclic amines) is 1. The van der Waals surface area contributed by atoms with Crippen LogP contribution in [0.25, 0.3) is 0 Å². The zero-order chi connectivity index (χ0) is 20.0. The van der Waals surface area contributed by atoms with E-state index in [1.165, 1.54) is 12.8 Å². The summed E-state index contributed by atoms with van der Waals surface area (Å²) in [7, 11) is 1.98. The van der Waals surface area contributed by atoms with Crippen LogP contribution in [-0.4, -0.2) is 68.2 Å². The highest BCUT2D eigenvalue weighted by Crippen LogP contribution is 2.32. The van der Waals surface area contributed by atoms with Crippen molar-refractivity contribution in [2.75, 3.05) is 46.3 Å². The number of carbonyl (C=O) groups is 1. The highest BCUT2D eigenvalue weighted by molar-refractivity contribution is 5.74. The maximum Gasteiger partial charge on any atom is 0.319 e. The van der Waals surface area contributed by atoms with Crippen molar-refractivity contribution in [3.05, 3.63) is 0 Å². The fourth-order valence-corrected chi connectivity index (χ4v) is 5.09. The molecule has 0 aliphatic carbocycles. The summed E-state index contributed by atoms with van der Waals surface area (Å²) in [5, 5.41) is 7.08. The molecule has 3 atom stereocenters. The zero-order valence-electron chi connectivity index (χ0n) is 18.7. The molecule has 2 fully saturated rings. The van der Waals surface area contributed by atoms with Crippen LogP contribution in [0.1, 0.15) is 60.3 Å². The standard InChI is InChI=1S/C22H44N4O/c1-7-20(17(2)3)18-8-12-26(16-18)21(27)25(6)13-9-22(4,5)14-19-15-23-10-11-24-19/h17-20,23-24H,7-16H2,1-6H3/t18-,19?,20?/m0/s1. The molecule has 0 aromatic heterocycles. The Hall–Kier alpha value is -0.810. The number of piperazine rings is 1. The number of rotatable bonds is 8. The van der Waals surface area contributed by atoms with Gasteiger partial charge in [-0.15, -0.1) is 0 Å². The van der Waals surface area contributed by atoms with Crippen LogP contribution in [0.4, 0.5) is 4.79 Å². The SMILES string of the molecule is CCC(C(C)C)[C@H]1CCN(C(=O)N(C)CCC(C)(C)CC2CNCCN2)C1. The van der Waals surface area contributed by atoms with Gasteiger partial charge in [0.25, 0.3) is 0 Å². The van der Waals surface area contributed by atoms with Gasteiger partial charge in [-0.05, 0) is 42.4 Å². The lowest BCUT2D eigenvalue weighted by Crippen LogP contribution is -2.50. The zero-order valence-corrected chi connectivity index (χ0v) is 18.7. The minimum atomic E-state index is 0.226. The molecule has 158 valence electrons. The van der Waals surface area contributed by atoms with Gasteiger partial charge in [0.05, 0.1) is 0 Å². The van der Waals surface area contributed by atoms with Crippen LogP contribution in [0.15, 0.2) is 0 Å². The van der Waals surface area contributed by atoms with Crippen molar-refractivity contribution in [3.63, 3.8) is 0 Å². The number of hydrogen-bond acceptors (Lipinski definition) is 3. The van der Waals surface area contributed by atoms with Gasteiger partial charge in [0.1, 0.15) is 0 Å². The van der Waals surface area contributed by atoms with Crippen molar-refractivity contribution in [2.45, 2.75) is 66.3 Å². The molecule has 2 aliphatic rings. The normalized spacial score (nSPS) is 25.1. The largest absolute Gasteiger partial charge is 0.328 e. The number of amides is 2. The Labute approximate surface area is 167 Å². The average molecular weight is 381 g/mol. The Bertz CT molecular complexity index is 459. The van der Waals surface area contributed by atoms with Gasteiger partial charge in [-0.25, -0.2) is 4.79 Å². The van der Waals surface area contributed by atoms with Crippen molar-refractivity contribution in [2.24, 2.45) is 23.2 Å². The molecular formula is C22H44N4O. The van der Waals surface area contributed by atoms with E-state index in [1.54, 1.807) is 0 Å². The lowest BCUT2D eigenvalue weighted by molar-refractivity contribution is 0.155. The van der Waals surface area contributed by atoms with E-state index in [2.05, 4.69) is 50.2 Å². The van der Waals surface area contributed by atoms with Crippen LogP contribution in [-0.2, 0) is 0 Å². The Morgan fingerprint density at radius 2 is 2.04 bits per heavy atom. The summed E-state index contributed by atoms with van der Waals surface area (Å²) in [5.41, 5.74) is 0.240. The van der Waals surface area contributed by atoms with Crippen molar-refractivity contribution < 1.29 is 4.79 Å². The second-order valence-corrected chi connectivity index (χ2v) is 9.99. The summed E-state index contributed by atoms with van der Waals surface area (Å²) in [4.78, 5) is 17.0. The van der Waals surface area contributed by atoms with Gasteiger partial charge in [-0.3, -0.25) is 0 Å². The van der Waals surface area contributed by atoms with Crippen LogP contribution < -0.4 is 10.6 Å². The monoisotopic (exact) mass is 380 g/mol. The Morgan fingerprint density at radius 3 is 2.63 bits per heavy atom. The lowest BCUT2D eigenvalue weighted by Gasteiger charge is -2.34. The van der Waals surface area contributed by atoms with E-state index in [4.69, 9.17) is 0 Å². The highest BCUT2D eigenvalue weighted by Gasteiger charge is 2.34. The highest BCUT2D eigenvalue weighted by atomic mass is 16.2. The predicted molar refractivity (Wildman–Crippen MR) is 114 cm³/mol. The van der Waals surface area contributed by atoms with Crippen LogP contribution in [0.5, 0.6) is 0 Å². The molecule has 2 N–H and O–H groups in total. The maximum absolute atomic E-state index is 12.9. The van der Waals surface area contributed by atoms with Crippen LogP contribution in [0.2, 0.25) is 0 Å². The summed E-state index contributed by atoms with van der Waals surface area (Å²) >= 11 is 0. The second-order valence-electron chi connectivity index (χ2n) is 9.99. The van der Waals surface area contributed by atoms with E-state index in [0.29, 0.717) is 17.9 Å². The Balaban J connectivity index is 1.78. The van der Waals surface area contributed by atoms with E-state index in [0.717, 1.165) is 58.0 Å². The first-order chi connectivity index (χ1) is 12.7. The predicted octanol–water partition coefficient (Wildman–Crippen LogP) is 3.41. The van der Waals surface area contributed by atoms with Crippen LogP contribution >= 0.6 is 0 Å². The molecule has 0 spiro atoms. The minimum Gasteiger partial charge on any atom is -0.328 e. The molecule has 0 saturated carbocycles. The number of nitrogens with zero attached hydrogens (tertiary/aromatic N) is 2. The van der Waals surface area contributed by atoms with Crippen LogP contribution in [0.3, 0.4) is 0 Å². The van der Waals surface area contributed by atoms with Gasteiger partial charge in [0.2, 0.25) is 0 Å². The Morgan fingerprint density at radius 1 is 1.30 bits per heavy atom. The molecule has 2 unspecified atom stereocenters. The molecule has 0 bridgehead atoms. The van der Waals surface area contributed by atoms with Gasteiger partial charge in [-0.1, -0.05) is 41.0 Å². The molecule has 2 aliphatic heterocycles. The number of carbonyl (C=O) groups excluding carboxylic acids is 1. The quantitative estimate of drug-likeness (QED) is 0.678. The van der Waals surface area contributed by atoms with Gasteiger partial charge in [0, 0.05) is 52.4 Å². The number of nitrogens with one attached hydrogen (secondary N) is 2. The summed E-state index contributed by atoms with van der Waals surface area (Å²) in [6.07, 6.45) is 4.59. The van der Waals surface area contributed by atoms with Crippen molar-refractivity contribution in [3.8, 4) is 0 Å². The van der Waals surface area contributed by atoms with E-state index >= 15 is 0 Å². The third-order valence-electron chi connectivity index (χ3n) is 6.80. The molecule has 2 saturated heterocycles. The summed E-state index contributed by atoms with van der Waals surface area (Å²) in [6.45, 7) is 17.5. The van der Waals surface area contributed by atoms with Crippen LogP contribution in [0, 0.1) is 23.2 Å². The van der Waals surface area contributed by atoms with Crippen molar-refractivity contribution in [1.82, 2.24) is 20.4 Å². The third kappa shape index (κ3) is 6.63. The molecule has 0 aromatic carbocycles. The topological polar surface area (TPSA) is 47.6 Å². The fraction of sp³-hybridized carbons (Fsp3) is 0.955. The smallest absolute Gasteiger partial charge is 0.319 e. The van der Waals surface area contributed by atoms with Gasteiger partial charge < -0.3 is 20.4 Å². The summed E-state index contributed by atoms with van der Waals surface area (Å²) < 4.78 is 0. The fourth-order valence-electron chi connectivity index (χ4n) is 5.09. The molecule has 0 radical (unpaired) electrons. The van der Waals surface area contributed by atoms with Gasteiger partial charge >= 0.3 is 6.03 Å². The third-order valence-corrected chi connectivity index (χ3v) is 6.80. The molecule has 2 heterocycles.